The smallest absolute Gasteiger partial charge is 0.106 e. The molecule has 13 heavy (non-hydrogen) atoms. The van der Waals surface area contributed by atoms with Crippen molar-refractivity contribution in [1.29, 1.82) is 0 Å². The summed E-state index contributed by atoms with van der Waals surface area (Å²) in [5.41, 5.74) is 1.24. The molecule has 1 atom stereocenters. The second kappa shape index (κ2) is 4.20. The molecule has 0 saturated carbocycles. The summed E-state index contributed by atoms with van der Waals surface area (Å²) in [5.74, 6) is 0. The van der Waals surface area contributed by atoms with E-state index in [9.17, 15) is 0 Å². The van der Waals surface area contributed by atoms with Gasteiger partial charge in [0.1, 0.15) is 4.60 Å². The van der Waals surface area contributed by atoms with E-state index >= 15 is 0 Å². The van der Waals surface area contributed by atoms with Crippen molar-refractivity contribution in [3.05, 3.63) is 28.5 Å². The second-order valence-corrected chi connectivity index (χ2v) is 4.08. The van der Waals surface area contributed by atoms with Crippen molar-refractivity contribution in [2.75, 3.05) is 6.61 Å². The topological polar surface area (TPSA) is 22.1 Å². The highest BCUT2D eigenvalue weighted by atomic mass is 79.9. The lowest BCUT2D eigenvalue weighted by Crippen LogP contribution is -2.11. The van der Waals surface area contributed by atoms with Crippen molar-refractivity contribution in [3.8, 4) is 0 Å². The summed E-state index contributed by atoms with van der Waals surface area (Å²) < 4.78 is 6.56. The third kappa shape index (κ3) is 2.29. The quantitative estimate of drug-likeness (QED) is 0.706. The molecule has 0 bridgehead atoms. The van der Waals surface area contributed by atoms with Gasteiger partial charge in [0, 0.05) is 12.8 Å². The first-order valence-electron chi connectivity index (χ1n) is 4.59. The van der Waals surface area contributed by atoms with E-state index in [1.165, 1.54) is 18.4 Å². The van der Waals surface area contributed by atoms with Crippen molar-refractivity contribution in [2.45, 2.75) is 25.4 Å². The molecule has 1 aliphatic rings. The summed E-state index contributed by atoms with van der Waals surface area (Å²) in [6, 6.07) is 4.07. The van der Waals surface area contributed by atoms with E-state index in [4.69, 9.17) is 4.74 Å². The fourth-order valence-electron chi connectivity index (χ4n) is 1.62. The van der Waals surface area contributed by atoms with Crippen LogP contribution >= 0.6 is 15.9 Å². The highest BCUT2D eigenvalue weighted by molar-refractivity contribution is 9.10. The lowest BCUT2D eigenvalue weighted by Gasteiger charge is -2.22. The van der Waals surface area contributed by atoms with E-state index in [1.807, 2.05) is 18.3 Å². The molecule has 3 heteroatoms. The van der Waals surface area contributed by atoms with Gasteiger partial charge in [-0.25, -0.2) is 4.98 Å². The SMILES string of the molecule is Brc1cc(C2CCCCO2)ccn1. The molecule has 1 fully saturated rings. The molecule has 0 aliphatic carbocycles. The number of aromatic nitrogens is 1. The Morgan fingerprint density at radius 2 is 2.38 bits per heavy atom. The Morgan fingerprint density at radius 1 is 1.46 bits per heavy atom. The van der Waals surface area contributed by atoms with E-state index in [1.54, 1.807) is 0 Å². The van der Waals surface area contributed by atoms with Crippen molar-refractivity contribution >= 4 is 15.9 Å². The largest absolute Gasteiger partial charge is 0.374 e. The van der Waals surface area contributed by atoms with Crippen molar-refractivity contribution in [1.82, 2.24) is 4.98 Å². The molecule has 2 nitrogen and oxygen atoms in total. The number of rotatable bonds is 1. The lowest BCUT2D eigenvalue weighted by molar-refractivity contribution is 0.0149. The summed E-state index contributed by atoms with van der Waals surface area (Å²) in [7, 11) is 0. The maximum absolute atomic E-state index is 5.67. The van der Waals surface area contributed by atoms with Gasteiger partial charge in [-0.05, 0) is 52.9 Å². The van der Waals surface area contributed by atoms with Gasteiger partial charge in [-0.15, -0.1) is 0 Å². The first-order valence-corrected chi connectivity index (χ1v) is 5.38. The molecule has 2 heterocycles. The van der Waals surface area contributed by atoms with Gasteiger partial charge in [0.2, 0.25) is 0 Å². The van der Waals surface area contributed by atoms with Crippen LogP contribution in [-0.2, 0) is 4.74 Å². The molecule has 0 amide bonds. The Labute approximate surface area is 86.5 Å². The summed E-state index contributed by atoms with van der Waals surface area (Å²) in [5, 5.41) is 0. The monoisotopic (exact) mass is 241 g/mol. The van der Waals surface area contributed by atoms with Crippen LogP contribution in [0.2, 0.25) is 0 Å². The van der Waals surface area contributed by atoms with Gasteiger partial charge < -0.3 is 4.74 Å². The zero-order valence-corrected chi connectivity index (χ0v) is 8.96. The average molecular weight is 242 g/mol. The summed E-state index contributed by atoms with van der Waals surface area (Å²) in [4.78, 5) is 4.10. The Bertz CT molecular complexity index is 284. The van der Waals surface area contributed by atoms with Crippen LogP contribution in [0.15, 0.2) is 22.9 Å². The Morgan fingerprint density at radius 3 is 3.08 bits per heavy atom. The van der Waals surface area contributed by atoms with E-state index in [0.717, 1.165) is 17.6 Å². The maximum Gasteiger partial charge on any atom is 0.106 e. The molecule has 70 valence electrons. The van der Waals surface area contributed by atoms with Crippen molar-refractivity contribution in [2.24, 2.45) is 0 Å². The Balaban J connectivity index is 2.14. The van der Waals surface area contributed by atoms with Crippen LogP contribution < -0.4 is 0 Å². The fraction of sp³-hybridized carbons (Fsp3) is 0.500. The first kappa shape index (κ1) is 9.16. The molecule has 1 unspecified atom stereocenters. The van der Waals surface area contributed by atoms with Gasteiger partial charge in [-0.3, -0.25) is 0 Å². The fourth-order valence-corrected chi connectivity index (χ4v) is 2.00. The molecule has 0 spiro atoms. The summed E-state index contributed by atoms with van der Waals surface area (Å²) in [6.07, 6.45) is 5.70. The summed E-state index contributed by atoms with van der Waals surface area (Å²) >= 11 is 3.36. The van der Waals surface area contributed by atoms with Gasteiger partial charge >= 0.3 is 0 Å². The van der Waals surface area contributed by atoms with Crippen LogP contribution in [0.5, 0.6) is 0 Å². The van der Waals surface area contributed by atoms with E-state index in [2.05, 4.69) is 20.9 Å². The number of halogens is 1. The third-order valence-electron chi connectivity index (χ3n) is 2.30. The number of nitrogens with zero attached hydrogens (tertiary/aromatic N) is 1. The predicted octanol–water partition coefficient (Wildman–Crippen LogP) is 3.09. The highest BCUT2D eigenvalue weighted by Crippen LogP contribution is 2.28. The van der Waals surface area contributed by atoms with Crippen LogP contribution in [0.25, 0.3) is 0 Å². The maximum atomic E-state index is 5.67. The number of hydrogen-bond donors (Lipinski definition) is 0. The molecule has 1 aromatic rings. The van der Waals surface area contributed by atoms with Crippen LogP contribution in [0.4, 0.5) is 0 Å². The van der Waals surface area contributed by atoms with Crippen molar-refractivity contribution < 1.29 is 4.74 Å². The minimum absolute atomic E-state index is 0.285. The molecule has 2 rings (SSSR count). The third-order valence-corrected chi connectivity index (χ3v) is 2.74. The normalized spacial score (nSPS) is 23.0. The predicted molar refractivity (Wildman–Crippen MR) is 54.5 cm³/mol. The zero-order chi connectivity index (χ0) is 9.10. The van der Waals surface area contributed by atoms with Gasteiger partial charge in [-0.1, -0.05) is 0 Å². The highest BCUT2D eigenvalue weighted by Gasteiger charge is 2.15. The number of pyridine rings is 1. The second-order valence-electron chi connectivity index (χ2n) is 3.27. The minimum atomic E-state index is 0.285. The van der Waals surface area contributed by atoms with Gasteiger partial charge in [0.05, 0.1) is 6.10 Å². The molecule has 1 aromatic heterocycles. The molecule has 0 radical (unpaired) electrons. The first-order chi connectivity index (χ1) is 6.36. The Kier molecular flexibility index (Phi) is 2.96. The molecule has 1 aliphatic heterocycles. The molecular weight excluding hydrogens is 230 g/mol. The van der Waals surface area contributed by atoms with Gasteiger partial charge in [-0.2, -0.15) is 0 Å². The molecular formula is C10H12BrNO. The van der Waals surface area contributed by atoms with Gasteiger partial charge in [0.15, 0.2) is 0 Å². The standard InChI is InChI=1S/C10H12BrNO/c11-10-7-8(4-5-12-10)9-3-1-2-6-13-9/h4-5,7,9H,1-3,6H2. The van der Waals surface area contributed by atoms with E-state index in [-0.39, 0.29) is 6.10 Å². The minimum Gasteiger partial charge on any atom is -0.374 e. The van der Waals surface area contributed by atoms with Crippen LogP contribution in [0, 0.1) is 0 Å². The van der Waals surface area contributed by atoms with E-state index < -0.39 is 0 Å². The molecule has 1 saturated heterocycles. The van der Waals surface area contributed by atoms with Crippen LogP contribution in [-0.4, -0.2) is 11.6 Å². The number of ether oxygens (including phenoxy) is 1. The lowest BCUT2D eigenvalue weighted by atomic mass is 10.0. The number of hydrogen-bond acceptors (Lipinski definition) is 2. The molecule has 0 aromatic carbocycles. The van der Waals surface area contributed by atoms with Crippen molar-refractivity contribution in [3.63, 3.8) is 0 Å². The average Bonchev–Trinajstić information content (AvgIpc) is 2.19. The molecule has 0 N–H and O–H groups in total. The Hall–Kier alpha value is -0.410. The van der Waals surface area contributed by atoms with Gasteiger partial charge in [0.25, 0.3) is 0 Å². The van der Waals surface area contributed by atoms with Crippen LogP contribution in [0.3, 0.4) is 0 Å². The van der Waals surface area contributed by atoms with E-state index in [0.29, 0.717) is 0 Å². The summed E-state index contributed by atoms with van der Waals surface area (Å²) in [6.45, 7) is 0.893. The van der Waals surface area contributed by atoms with Crippen LogP contribution in [0.1, 0.15) is 30.9 Å². The zero-order valence-electron chi connectivity index (χ0n) is 7.37.